The van der Waals surface area contributed by atoms with Crippen molar-refractivity contribution in [1.82, 2.24) is 5.32 Å². The molecule has 1 aromatic rings. The maximum Gasteiger partial charge on any atom is 0.164 e. The van der Waals surface area contributed by atoms with E-state index >= 15 is 0 Å². The van der Waals surface area contributed by atoms with Crippen molar-refractivity contribution in [2.75, 3.05) is 13.2 Å². The molecule has 0 saturated carbocycles. The van der Waals surface area contributed by atoms with Gasteiger partial charge >= 0.3 is 0 Å². The van der Waals surface area contributed by atoms with Crippen LogP contribution in [0.25, 0.3) is 0 Å². The quantitative estimate of drug-likeness (QED) is 0.777. The minimum absolute atomic E-state index is 0.378. The molecule has 4 heteroatoms. The summed E-state index contributed by atoms with van der Waals surface area (Å²) in [5, 5.41) is 3.46. The van der Waals surface area contributed by atoms with E-state index in [2.05, 4.69) is 41.8 Å². The Hall–Kier alpha value is -0.0700. The van der Waals surface area contributed by atoms with Crippen LogP contribution in [0.1, 0.15) is 26.5 Å². The lowest BCUT2D eigenvalue weighted by molar-refractivity contribution is 0.107. The summed E-state index contributed by atoms with van der Waals surface area (Å²) in [6.07, 6.45) is 0. The molecular formula is C12H20INO2. The average molecular weight is 337 g/mol. The van der Waals surface area contributed by atoms with Crippen molar-refractivity contribution in [2.24, 2.45) is 5.92 Å². The number of ether oxygens (including phenoxy) is 1. The van der Waals surface area contributed by atoms with Gasteiger partial charge in [-0.3, -0.25) is 0 Å². The Morgan fingerprint density at radius 2 is 2.19 bits per heavy atom. The molecule has 0 spiro atoms. The van der Waals surface area contributed by atoms with Crippen LogP contribution >= 0.6 is 22.6 Å². The minimum Gasteiger partial charge on any atom is -0.454 e. The number of hydrogen-bond acceptors (Lipinski definition) is 3. The zero-order valence-corrected chi connectivity index (χ0v) is 12.3. The lowest BCUT2D eigenvalue weighted by Crippen LogP contribution is -2.37. The number of hydrogen-bond donors (Lipinski definition) is 1. The smallest absolute Gasteiger partial charge is 0.164 e. The molecule has 1 rings (SSSR count). The second-order valence-corrected chi connectivity index (χ2v) is 5.16. The molecule has 0 amide bonds. The molecular weight excluding hydrogens is 317 g/mol. The molecule has 0 aromatic carbocycles. The van der Waals surface area contributed by atoms with Gasteiger partial charge in [0.1, 0.15) is 5.76 Å². The van der Waals surface area contributed by atoms with Gasteiger partial charge in [0.05, 0.1) is 13.2 Å². The van der Waals surface area contributed by atoms with Crippen LogP contribution in [0.4, 0.5) is 0 Å². The van der Waals surface area contributed by atoms with Gasteiger partial charge in [0.15, 0.2) is 3.77 Å². The van der Waals surface area contributed by atoms with Crippen molar-refractivity contribution in [2.45, 2.75) is 33.4 Å². The minimum atomic E-state index is 0.378. The SMILES string of the molecule is CCOCC(NCc1ccc(I)o1)C(C)C. The maximum absolute atomic E-state index is 5.50. The second kappa shape index (κ2) is 7.29. The van der Waals surface area contributed by atoms with Gasteiger partial charge in [-0.2, -0.15) is 0 Å². The van der Waals surface area contributed by atoms with Crippen molar-refractivity contribution in [1.29, 1.82) is 0 Å². The molecule has 0 radical (unpaired) electrons. The molecule has 16 heavy (non-hydrogen) atoms. The Balaban J connectivity index is 2.37. The molecule has 1 N–H and O–H groups in total. The molecule has 1 atom stereocenters. The second-order valence-electron chi connectivity index (χ2n) is 4.10. The summed E-state index contributed by atoms with van der Waals surface area (Å²) < 4.78 is 11.9. The van der Waals surface area contributed by atoms with Gasteiger partial charge in [-0.25, -0.2) is 0 Å². The number of rotatable bonds is 7. The summed E-state index contributed by atoms with van der Waals surface area (Å²) in [6, 6.07) is 4.36. The Kier molecular flexibility index (Phi) is 6.38. The van der Waals surface area contributed by atoms with Crippen molar-refractivity contribution in [3.05, 3.63) is 21.7 Å². The first-order valence-corrected chi connectivity index (χ1v) is 6.76. The van der Waals surface area contributed by atoms with Crippen LogP contribution in [0.15, 0.2) is 16.5 Å². The Morgan fingerprint density at radius 3 is 2.69 bits per heavy atom. The molecule has 1 heterocycles. The number of nitrogens with one attached hydrogen (secondary N) is 1. The standard InChI is InChI=1S/C12H20INO2/c1-4-15-8-11(9(2)3)14-7-10-5-6-12(13)16-10/h5-6,9,11,14H,4,7-8H2,1-3H3. The zero-order valence-electron chi connectivity index (χ0n) is 10.1. The van der Waals surface area contributed by atoms with Gasteiger partial charge in [0.2, 0.25) is 0 Å². The normalized spacial score (nSPS) is 13.3. The molecule has 0 bridgehead atoms. The lowest BCUT2D eigenvalue weighted by Gasteiger charge is -2.21. The third-order valence-electron chi connectivity index (χ3n) is 2.47. The number of halogens is 1. The van der Waals surface area contributed by atoms with Crippen LogP contribution < -0.4 is 5.32 Å². The maximum atomic E-state index is 5.50. The third kappa shape index (κ3) is 4.84. The van der Waals surface area contributed by atoms with Gasteiger partial charge in [0, 0.05) is 12.6 Å². The first-order valence-electron chi connectivity index (χ1n) is 5.68. The highest BCUT2D eigenvalue weighted by Gasteiger charge is 2.13. The molecule has 3 nitrogen and oxygen atoms in total. The Bertz CT molecular complexity index is 299. The largest absolute Gasteiger partial charge is 0.454 e. The monoisotopic (exact) mass is 337 g/mol. The topological polar surface area (TPSA) is 34.4 Å². The van der Waals surface area contributed by atoms with Gasteiger partial charge in [0.25, 0.3) is 0 Å². The fraction of sp³-hybridized carbons (Fsp3) is 0.667. The van der Waals surface area contributed by atoms with Gasteiger partial charge in [-0.15, -0.1) is 0 Å². The summed E-state index contributed by atoms with van der Waals surface area (Å²) in [5.41, 5.74) is 0. The highest BCUT2D eigenvalue weighted by molar-refractivity contribution is 14.1. The summed E-state index contributed by atoms with van der Waals surface area (Å²) in [7, 11) is 0. The first kappa shape index (κ1) is 14.0. The predicted molar refractivity (Wildman–Crippen MR) is 73.4 cm³/mol. The summed E-state index contributed by atoms with van der Waals surface area (Å²) in [6.45, 7) is 8.70. The molecule has 0 aliphatic carbocycles. The van der Waals surface area contributed by atoms with Gasteiger partial charge < -0.3 is 14.5 Å². The number of furan rings is 1. The van der Waals surface area contributed by atoms with Crippen LogP contribution in [0.3, 0.4) is 0 Å². The highest BCUT2D eigenvalue weighted by Crippen LogP contribution is 2.11. The van der Waals surface area contributed by atoms with E-state index in [-0.39, 0.29) is 0 Å². The highest BCUT2D eigenvalue weighted by atomic mass is 127. The first-order chi connectivity index (χ1) is 7.63. The predicted octanol–water partition coefficient (Wildman–Crippen LogP) is 3.03. The Labute approximate surface area is 111 Å². The van der Waals surface area contributed by atoms with Crippen LogP contribution in [0, 0.1) is 9.68 Å². The van der Waals surface area contributed by atoms with Crippen LogP contribution in [0.5, 0.6) is 0 Å². The van der Waals surface area contributed by atoms with Crippen molar-refractivity contribution >= 4 is 22.6 Å². The molecule has 1 unspecified atom stereocenters. The fourth-order valence-corrected chi connectivity index (χ4v) is 1.87. The molecule has 92 valence electrons. The van der Waals surface area contributed by atoms with E-state index in [1.54, 1.807) is 0 Å². The molecule has 0 aliphatic heterocycles. The van der Waals surface area contributed by atoms with E-state index in [0.717, 1.165) is 29.3 Å². The van der Waals surface area contributed by atoms with Crippen LogP contribution in [0.2, 0.25) is 0 Å². The summed E-state index contributed by atoms with van der Waals surface area (Å²) in [5.74, 6) is 1.53. The molecule has 0 aliphatic rings. The summed E-state index contributed by atoms with van der Waals surface area (Å²) >= 11 is 2.17. The van der Waals surface area contributed by atoms with E-state index in [0.29, 0.717) is 12.0 Å². The molecule has 0 fully saturated rings. The Morgan fingerprint density at radius 1 is 1.44 bits per heavy atom. The van der Waals surface area contributed by atoms with Crippen LogP contribution in [-0.4, -0.2) is 19.3 Å². The van der Waals surface area contributed by atoms with Crippen molar-refractivity contribution in [3.63, 3.8) is 0 Å². The third-order valence-corrected chi connectivity index (χ3v) is 3.05. The van der Waals surface area contributed by atoms with E-state index in [1.807, 2.05) is 19.1 Å². The van der Waals surface area contributed by atoms with E-state index in [1.165, 1.54) is 0 Å². The van der Waals surface area contributed by atoms with Crippen molar-refractivity contribution in [3.8, 4) is 0 Å². The molecule has 0 saturated heterocycles. The fourth-order valence-electron chi connectivity index (χ4n) is 1.41. The van der Waals surface area contributed by atoms with Gasteiger partial charge in [-0.05, 0) is 47.6 Å². The van der Waals surface area contributed by atoms with Crippen molar-refractivity contribution < 1.29 is 9.15 Å². The summed E-state index contributed by atoms with van der Waals surface area (Å²) in [4.78, 5) is 0. The lowest BCUT2D eigenvalue weighted by atomic mass is 10.1. The van der Waals surface area contributed by atoms with E-state index < -0.39 is 0 Å². The van der Waals surface area contributed by atoms with E-state index in [4.69, 9.17) is 9.15 Å². The van der Waals surface area contributed by atoms with Crippen LogP contribution in [-0.2, 0) is 11.3 Å². The van der Waals surface area contributed by atoms with E-state index in [9.17, 15) is 0 Å². The molecule has 1 aromatic heterocycles. The average Bonchev–Trinajstić information content (AvgIpc) is 2.64. The van der Waals surface area contributed by atoms with Gasteiger partial charge in [-0.1, -0.05) is 13.8 Å². The zero-order chi connectivity index (χ0) is 12.0.